The molecule has 6 nitrogen and oxygen atoms in total. The van der Waals surface area contributed by atoms with Gasteiger partial charge in [0.05, 0.1) is 11.4 Å². The summed E-state index contributed by atoms with van der Waals surface area (Å²) in [5, 5.41) is 12.4. The van der Waals surface area contributed by atoms with Gasteiger partial charge in [-0.1, -0.05) is 36.0 Å². The molecule has 4 rings (SSSR count). The number of amides is 1. The molecular weight excluding hydrogens is 379 g/mol. The molecule has 28 heavy (non-hydrogen) atoms. The molecule has 0 unspecified atom stereocenters. The fourth-order valence-corrected chi connectivity index (χ4v) is 3.51. The van der Waals surface area contributed by atoms with Gasteiger partial charge in [0.25, 0.3) is 0 Å². The number of nitrogens with zero attached hydrogens (tertiary/aromatic N) is 3. The molecule has 0 bridgehead atoms. The van der Waals surface area contributed by atoms with Crippen molar-refractivity contribution in [3.63, 3.8) is 0 Å². The highest BCUT2D eigenvalue weighted by molar-refractivity contribution is 7.99. The Labute approximate surface area is 164 Å². The smallest absolute Gasteiger partial charge is 0.234 e. The summed E-state index contributed by atoms with van der Waals surface area (Å²) < 4.78 is 21.4. The lowest BCUT2D eigenvalue weighted by molar-refractivity contribution is -0.113. The van der Waals surface area contributed by atoms with Crippen LogP contribution in [0.2, 0.25) is 0 Å². The Morgan fingerprint density at radius 3 is 2.86 bits per heavy atom. The highest BCUT2D eigenvalue weighted by atomic mass is 32.2. The fraction of sp³-hybridized carbons (Fsp3) is 0.150. The molecule has 8 heteroatoms. The van der Waals surface area contributed by atoms with Gasteiger partial charge in [0.2, 0.25) is 5.91 Å². The number of halogens is 1. The van der Waals surface area contributed by atoms with Crippen LogP contribution in [0.1, 0.15) is 5.56 Å². The average Bonchev–Trinajstić information content (AvgIpc) is 3.26. The van der Waals surface area contributed by atoms with Gasteiger partial charge in [0, 0.05) is 12.4 Å². The summed E-state index contributed by atoms with van der Waals surface area (Å²) >= 11 is 1.22. The number of rotatable bonds is 5. The normalized spacial score (nSPS) is 11.1. The van der Waals surface area contributed by atoms with E-state index in [1.807, 2.05) is 44.3 Å². The topological polar surface area (TPSA) is 73.0 Å². The molecule has 0 aliphatic rings. The molecule has 142 valence electrons. The fourth-order valence-electron chi connectivity index (χ4n) is 2.80. The molecule has 0 saturated carbocycles. The number of aryl methyl sites for hydroxylation is 1. The monoisotopic (exact) mass is 396 g/mol. The second-order valence-corrected chi connectivity index (χ2v) is 7.28. The van der Waals surface area contributed by atoms with Crippen LogP contribution in [0.3, 0.4) is 0 Å². The predicted octanol–water partition coefficient (Wildman–Crippen LogP) is 4.41. The number of furan rings is 1. The van der Waals surface area contributed by atoms with E-state index in [4.69, 9.17) is 4.42 Å². The maximum Gasteiger partial charge on any atom is 0.234 e. The summed E-state index contributed by atoms with van der Waals surface area (Å²) in [4.78, 5) is 12.2. The molecule has 0 spiro atoms. The highest BCUT2D eigenvalue weighted by Crippen LogP contribution is 2.28. The third kappa shape index (κ3) is 3.63. The average molecular weight is 396 g/mol. The van der Waals surface area contributed by atoms with Crippen molar-refractivity contribution in [2.45, 2.75) is 12.1 Å². The van der Waals surface area contributed by atoms with Gasteiger partial charge in [0.1, 0.15) is 11.4 Å². The molecule has 0 aliphatic heterocycles. The first kappa shape index (κ1) is 18.2. The van der Waals surface area contributed by atoms with Crippen LogP contribution in [-0.2, 0) is 11.8 Å². The van der Waals surface area contributed by atoms with Crippen molar-refractivity contribution in [1.29, 1.82) is 0 Å². The van der Waals surface area contributed by atoms with Crippen LogP contribution < -0.4 is 5.32 Å². The van der Waals surface area contributed by atoms with Crippen molar-refractivity contribution in [2.24, 2.45) is 7.05 Å². The first-order chi connectivity index (χ1) is 13.5. The summed E-state index contributed by atoms with van der Waals surface area (Å²) in [6.45, 7) is 1.84. The Balaban J connectivity index is 1.46. The third-order valence-electron chi connectivity index (χ3n) is 4.21. The molecule has 1 amide bonds. The summed E-state index contributed by atoms with van der Waals surface area (Å²) in [6, 6.07) is 14.2. The summed E-state index contributed by atoms with van der Waals surface area (Å²) in [5.41, 5.74) is 1.81. The lowest BCUT2D eigenvalue weighted by Crippen LogP contribution is -2.15. The van der Waals surface area contributed by atoms with Gasteiger partial charge in [-0.3, -0.25) is 4.79 Å². The molecular formula is C20H17FN4O2S. The van der Waals surface area contributed by atoms with Gasteiger partial charge in [-0.2, -0.15) is 0 Å². The van der Waals surface area contributed by atoms with Gasteiger partial charge in [0.15, 0.2) is 16.7 Å². The van der Waals surface area contributed by atoms with Crippen molar-refractivity contribution in [1.82, 2.24) is 14.8 Å². The zero-order chi connectivity index (χ0) is 19.7. The Bertz CT molecular complexity index is 1140. The number of para-hydroxylation sites is 1. The first-order valence-electron chi connectivity index (χ1n) is 8.58. The van der Waals surface area contributed by atoms with Gasteiger partial charge in [-0.05, 0) is 36.8 Å². The SMILES string of the molecule is Cc1ccc(F)c(NC(=O)CSc2nnc(-c3cc4ccccc4o3)n2C)c1. The summed E-state index contributed by atoms with van der Waals surface area (Å²) in [6.07, 6.45) is 0. The van der Waals surface area contributed by atoms with Gasteiger partial charge >= 0.3 is 0 Å². The van der Waals surface area contributed by atoms with Gasteiger partial charge in [-0.25, -0.2) is 4.39 Å². The quantitative estimate of drug-likeness (QED) is 0.506. The molecule has 4 aromatic rings. The summed E-state index contributed by atoms with van der Waals surface area (Å²) in [7, 11) is 1.81. The van der Waals surface area contributed by atoms with E-state index in [1.54, 1.807) is 16.7 Å². The molecule has 2 heterocycles. The van der Waals surface area contributed by atoms with Crippen molar-refractivity contribution < 1.29 is 13.6 Å². The minimum atomic E-state index is -0.463. The molecule has 1 N–H and O–H groups in total. The maximum atomic E-state index is 13.8. The molecule has 0 fully saturated rings. The van der Waals surface area contributed by atoms with Crippen LogP contribution in [0.25, 0.3) is 22.6 Å². The van der Waals surface area contributed by atoms with Crippen LogP contribution in [-0.4, -0.2) is 26.4 Å². The predicted molar refractivity (Wildman–Crippen MR) is 107 cm³/mol. The number of hydrogen-bond acceptors (Lipinski definition) is 5. The zero-order valence-electron chi connectivity index (χ0n) is 15.3. The molecule has 0 atom stereocenters. The third-order valence-corrected chi connectivity index (χ3v) is 5.23. The Kier molecular flexibility index (Phi) is 4.87. The number of carbonyl (C=O) groups is 1. The zero-order valence-corrected chi connectivity index (χ0v) is 16.1. The number of fused-ring (bicyclic) bond motifs is 1. The van der Waals surface area contributed by atoms with E-state index in [0.717, 1.165) is 16.5 Å². The highest BCUT2D eigenvalue weighted by Gasteiger charge is 2.16. The number of anilines is 1. The van der Waals surface area contributed by atoms with Crippen LogP contribution >= 0.6 is 11.8 Å². The standard InChI is InChI=1S/C20H17FN4O2S/c1-12-7-8-14(21)15(9-12)22-18(26)11-28-20-24-23-19(25(20)2)17-10-13-5-3-4-6-16(13)27-17/h3-10H,11H2,1-2H3,(H,22,26). The molecule has 2 aromatic carbocycles. The second-order valence-electron chi connectivity index (χ2n) is 6.33. The number of hydrogen-bond donors (Lipinski definition) is 1. The van der Waals surface area contributed by atoms with Crippen molar-refractivity contribution in [3.05, 3.63) is 59.9 Å². The van der Waals surface area contributed by atoms with Crippen LogP contribution in [0, 0.1) is 12.7 Å². The number of nitrogens with one attached hydrogen (secondary N) is 1. The van der Waals surface area contributed by atoms with Crippen molar-refractivity contribution in [2.75, 3.05) is 11.1 Å². The van der Waals surface area contributed by atoms with E-state index in [9.17, 15) is 9.18 Å². The van der Waals surface area contributed by atoms with Crippen LogP contribution in [0.5, 0.6) is 0 Å². The van der Waals surface area contributed by atoms with Gasteiger partial charge in [-0.15, -0.1) is 10.2 Å². The van der Waals surface area contributed by atoms with E-state index in [0.29, 0.717) is 16.7 Å². The molecule has 0 radical (unpaired) electrons. The van der Waals surface area contributed by atoms with Crippen molar-refractivity contribution in [3.8, 4) is 11.6 Å². The lowest BCUT2D eigenvalue weighted by atomic mass is 10.2. The number of carbonyl (C=O) groups excluding carboxylic acids is 1. The number of benzene rings is 2. The Morgan fingerprint density at radius 1 is 1.21 bits per heavy atom. The van der Waals surface area contributed by atoms with E-state index in [2.05, 4.69) is 15.5 Å². The largest absolute Gasteiger partial charge is 0.453 e. The summed E-state index contributed by atoms with van der Waals surface area (Å²) in [5.74, 6) is 0.482. The molecule has 2 aromatic heterocycles. The van der Waals surface area contributed by atoms with Crippen LogP contribution in [0.4, 0.5) is 10.1 Å². The van der Waals surface area contributed by atoms with E-state index in [-0.39, 0.29) is 17.3 Å². The van der Waals surface area contributed by atoms with E-state index in [1.165, 1.54) is 17.8 Å². The second kappa shape index (κ2) is 7.47. The molecule has 0 aliphatic carbocycles. The Hall–Kier alpha value is -3.13. The van der Waals surface area contributed by atoms with Crippen molar-refractivity contribution >= 4 is 34.3 Å². The van der Waals surface area contributed by atoms with Crippen LogP contribution in [0.15, 0.2) is 58.1 Å². The maximum absolute atomic E-state index is 13.8. The minimum absolute atomic E-state index is 0.0828. The van der Waals surface area contributed by atoms with E-state index < -0.39 is 5.82 Å². The Morgan fingerprint density at radius 2 is 2.04 bits per heavy atom. The minimum Gasteiger partial charge on any atom is -0.453 e. The van der Waals surface area contributed by atoms with Gasteiger partial charge < -0.3 is 14.3 Å². The number of aromatic nitrogens is 3. The van der Waals surface area contributed by atoms with E-state index >= 15 is 0 Å². The first-order valence-corrected chi connectivity index (χ1v) is 9.57. The number of thioether (sulfide) groups is 1. The lowest BCUT2D eigenvalue weighted by Gasteiger charge is -2.07. The molecule has 0 saturated heterocycles.